The number of fused-ring (bicyclic) bond motifs is 2. The standard InChI is InChI=1S/C10H11NO3.C10H7NO3.C9H12N2O3.3C9H11NO3.C8H7NO4.CH4/c2*12-8-4-3-7-6(2-1-5-11-7)9(8)10(13)14;1-2-14-8-5-6(10)3-4-7(8)9(12)11-13;1-10(2)6-3-4-7(9(12)13)8(11)5-6;1-2-13-8-4-3-6(10)5-7(8)9(11)12;1-2-13-8-5-6(10)3-4-7(8)9(11)12;10-4-9-5-1-2-6(8(12)13)7(11)3-5;/h3-4,11-12H,1-2,5H2,(H,13,14);1-5,12H,(H,13,14);3-5,13H,2,10H2,1H3,(H,11,12);3-5,11H,1-2H3,(H,12,13);2*3-5H,2,10H2,1H3,(H,11,12);1-4,11H,(H,9,10)(H,12,13);1H4. The maximum Gasteiger partial charge on any atom is 0.340 e. The van der Waals surface area contributed by atoms with Crippen LogP contribution in [0.5, 0.6) is 40.2 Å². The SMILES string of the molecule is C.CCOc1cc(N)ccc1C(=O)NO.CCOc1cc(N)ccc1C(=O)O.CCOc1ccc(N)cc1C(=O)O.CN(C)c1ccc(C(=O)O)c(O)c1.O=C(O)c1c(O)ccc2c1CCCN2.O=C(O)c1c(O)ccc2ncccc12.O=CNc1ccc(C(=O)O)c(O)c1. The molecular formula is C65H74N8O22. The average molecular weight is 1320 g/mol. The van der Waals surface area contributed by atoms with Gasteiger partial charge in [-0.2, -0.15) is 0 Å². The first kappa shape index (κ1) is 78.4. The number of nitrogens with zero attached hydrogens (tertiary/aromatic N) is 2. The number of phenols is 4. The second-order valence-electron chi connectivity index (χ2n) is 19.0. The Labute approximate surface area is 543 Å². The summed E-state index contributed by atoms with van der Waals surface area (Å²) in [5.41, 5.74) is 22.8. The van der Waals surface area contributed by atoms with Crippen molar-refractivity contribution in [3.63, 3.8) is 0 Å². The van der Waals surface area contributed by atoms with Crippen molar-refractivity contribution < 1.29 is 109 Å². The summed E-state index contributed by atoms with van der Waals surface area (Å²) in [6, 6.07) is 31.1. The molecule has 0 atom stereocenters. The molecule has 9 rings (SSSR count). The summed E-state index contributed by atoms with van der Waals surface area (Å²) in [7, 11) is 3.63. The Bertz CT molecular complexity index is 3980. The van der Waals surface area contributed by atoms with E-state index in [4.69, 9.17) is 72.4 Å². The predicted molar refractivity (Wildman–Crippen MR) is 352 cm³/mol. The van der Waals surface area contributed by atoms with Gasteiger partial charge < -0.3 is 98.0 Å². The highest BCUT2D eigenvalue weighted by Crippen LogP contribution is 2.32. The van der Waals surface area contributed by atoms with Crippen molar-refractivity contribution in [2.45, 2.75) is 41.0 Å². The summed E-state index contributed by atoms with van der Waals surface area (Å²) in [6.45, 7) is 7.51. The van der Waals surface area contributed by atoms with Crippen LogP contribution in [-0.2, 0) is 11.2 Å². The Morgan fingerprint density at radius 1 is 0.547 bits per heavy atom. The molecule has 7 aromatic carbocycles. The van der Waals surface area contributed by atoms with Crippen LogP contribution in [0, 0.1) is 0 Å². The van der Waals surface area contributed by atoms with Crippen molar-refractivity contribution in [2.24, 2.45) is 0 Å². The van der Waals surface area contributed by atoms with Gasteiger partial charge in [-0.15, -0.1) is 0 Å². The number of aromatic carboxylic acids is 6. The van der Waals surface area contributed by atoms with Gasteiger partial charge in [-0.25, -0.2) is 34.2 Å². The summed E-state index contributed by atoms with van der Waals surface area (Å²) in [6.07, 6.45) is 3.62. The number of hydroxylamine groups is 1. The normalized spacial score (nSPS) is 10.3. The van der Waals surface area contributed by atoms with Crippen LogP contribution >= 0.6 is 0 Å². The molecule has 30 nitrogen and oxygen atoms in total. The lowest BCUT2D eigenvalue weighted by Gasteiger charge is -2.20. The predicted octanol–water partition coefficient (Wildman–Crippen LogP) is 9.06. The molecule has 0 spiro atoms. The maximum absolute atomic E-state index is 11.1. The number of aromatic hydroxyl groups is 4. The number of nitrogens with one attached hydrogen (secondary N) is 3. The lowest BCUT2D eigenvalue weighted by molar-refractivity contribution is -0.105. The third-order valence-corrected chi connectivity index (χ3v) is 12.3. The van der Waals surface area contributed by atoms with E-state index in [2.05, 4.69) is 15.6 Å². The van der Waals surface area contributed by atoms with Crippen LogP contribution in [0.15, 0.2) is 134 Å². The molecule has 0 bridgehead atoms. The van der Waals surface area contributed by atoms with Crippen molar-refractivity contribution in [3.8, 4) is 40.2 Å². The van der Waals surface area contributed by atoms with Crippen LogP contribution < -0.4 is 52.4 Å². The molecule has 2 amide bonds. The summed E-state index contributed by atoms with van der Waals surface area (Å²) in [5.74, 6) is -7.16. The summed E-state index contributed by atoms with van der Waals surface area (Å²) in [5, 5.41) is 104. The molecule has 0 unspecified atom stereocenters. The third kappa shape index (κ3) is 23.9. The fraction of sp³-hybridized carbons (Fsp3) is 0.185. The molecule has 2 heterocycles. The summed E-state index contributed by atoms with van der Waals surface area (Å²) >= 11 is 0. The molecule has 30 heteroatoms. The molecule has 506 valence electrons. The fourth-order valence-electron chi connectivity index (χ4n) is 8.05. The minimum absolute atomic E-state index is 0. The van der Waals surface area contributed by atoms with Crippen LogP contribution in [0.3, 0.4) is 0 Å². The number of benzene rings is 7. The topological polar surface area (TPSA) is 517 Å². The number of nitrogens with two attached hydrogens (primary N) is 3. The molecule has 8 aromatic rings. The van der Waals surface area contributed by atoms with Crippen molar-refractivity contribution >= 4 is 93.2 Å². The molecule has 1 aliphatic heterocycles. The molecule has 1 aliphatic rings. The Hall–Kier alpha value is -12.7. The van der Waals surface area contributed by atoms with Gasteiger partial charge in [-0.1, -0.05) is 13.5 Å². The van der Waals surface area contributed by atoms with Gasteiger partial charge in [0.1, 0.15) is 73.6 Å². The number of ether oxygens (including phenoxy) is 3. The van der Waals surface area contributed by atoms with Gasteiger partial charge in [-0.3, -0.25) is 19.8 Å². The first-order valence-electron chi connectivity index (χ1n) is 27.7. The van der Waals surface area contributed by atoms with Crippen LogP contribution in [0.2, 0.25) is 0 Å². The first-order chi connectivity index (χ1) is 44.5. The summed E-state index contributed by atoms with van der Waals surface area (Å²) < 4.78 is 15.4. The van der Waals surface area contributed by atoms with E-state index in [9.17, 15) is 53.7 Å². The highest BCUT2D eigenvalue weighted by Gasteiger charge is 2.21. The zero-order valence-electron chi connectivity index (χ0n) is 51.1. The monoisotopic (exact) mass is 1320 g/mol. The molecule has 20 N–H and O–H groups in total. The van der Waals surface area contributed by atoms with Gasteiger partial charge >= 0.3 is 35.8 Å². The number of amides is 2. The van der Waals surface area contributed by atoms with Gasteiger partial charge in [0.05, 0.1) is 30.9 Å². The zero-order chi connectivity index (χ0) is 70.4. The van der Waals surface area contributed by atoms with Crippen molar-refractivity contribution in [1.29, 1.82) is 0 Å². The number of carbonyl (C=O) groups excluding carboxylic acids is 2. The van der Waals surface area contributed by atoms with E-state index < -0.39 is 41.7 Å². The van der Waals surface area contributed by atoms with E-state index in [0.29, 0.717) is 89.1 Å². The van der Waals surface area contributed by atoms with E-state index in [1.165, 1.54) is 78.3 Å². The van der Waals surface area contributed by atoms with Gasteiger partial charge in [0.2, 0.25) is 6.41 Å². The minimum Gasteiger partial charge on any atom is -0.507 e. The molecule has 1 aromatic heterocycles. The van der Waals surface area contributed by atoms with Gasteiger partial charge in [-0.05, 0) is 136 Å². The fourth-order valence-corrected chi connectivity index (χ4v) is 8.05. The molecular weight excluding hydrogens is 1240 g/mol. The number of pyridine rings is 1. The Morgan fingerprint density at radius 2 is 1.03 bits per heavy atom. The number of hydrogen-bond acceptors (Lipinski definition) is 22. The Balaban J connectivity index is 0.000000377. The minimum atomic E-state index is -1.21. The first-order valence-corrected chi connectivity index (χ1v) is 27.7. The molecule has 0 saturated carbocycles. The van der Waals surface area contributed by atoms with E-state index in [1.54, 1.807) is 80.4 Å². The van der Waals surface area contributed by atoms with Crippen molar-refractivity contribution in [3.05, 3.63) is 178 Å². The number of carbonyl (C=O) groups is 8. The van der Waals surface area contributed by atoms with Crippen molar-refractivity contribution in [2.75, 3.05) is 73.2 Å². The number of carboxylic acid groups (broad SMARTS) is 6. The zero-order valence-corrected chi connectivity index (χ0v) is 51.1. The Morgan fingerprint density at radius 3 is 1.54 bits per heavy atom. The van der Waals surface area contributed by atoms with Crippen molar-refractivity contribution in [1.82, 2.24) is 10.5 Å². The Kier molecular flexibility index (Phi) is 32.0. The van der Waals surface area contributed by atoms with Crippen LogP contribution in [0.25, 0.3) is 10.9 Å². The molecule has 0 aliphatic carbocycles. The third-order valence-electron chi connectivity index (χ3n) is 12.3. The van der Waals surface area contributed by atoms with Crippen LogP contribution in [0.1, 0.15) is 113 Å². The molecule has 95 heavy (non-hydrogen) atoms. The lowest BCUT2D eigenvalue weighted by atomic mass is 9.97. The van der Waals surface area contributed by atoms with E-state index in [1.807, 2.05) is 14.1 Å². The average Bonchev–Trinajstić information content (AvgIpc) is 0.903. The second kappa shape index (κ2) is 38.7. The van der Waals surface area contributed by atoms with E-state index >= 15 is 0 Å². The largest absolute Gasteiger partial charge is 0.507 e. The van der Waals surface area contributed by atoms with Crippen LogP contribution in [-0.4, -0.2) is 150 Å². The van der Waals surface area contributed by atoms with Gasteiger partial charge in [0.25, 0.3) is 5.91 Å². The lowest BCUT2D eigenvalue weighted by Crippen LogP contribution is -2.19. The van der Waals surface area contributed by atoms with E-state index in [0.717, 1.165) is 30.4 Å². The highest BCUT2D eigenvalue weighted by molar-refractivity contribution is 6.05. The molecule has 0 saturated heterocycles. The number of aromatic nitrogens is 1. The smallest absolute Gasteiger partial charge is 0.340 e. The number of hydrogen-bond donors (Lipinski definition) is 17. The quantitative estimate of drug-likeness (QED) is 0.0141. The van der Waals surface area contributed by atoms with E-state index in [-0.39, 0.29) is 69.4 Å². The number of rotatable bonds is 16. The number of anilines is 6. The van der Waals surface area contributed by atoms with Crippen LogP contribution in [0.4, 0.5) is 34.1 Å². The molecule has 0 radical (unpaired) electrons. The van der Waals surface area contributed by atoms with Gasteiger partial charge in [0, 0.05) is 90.6 Å². The summed E-state index contributed by atoms with van der Waals surface area (Å²) in [4.78, 5) is 91.0. The maximum atomic E-state index is 11.1. The molecule has 0 fully saturated rings. The number of nitrogen functional groups attached to an aromatic ring is 3. The second-order valence-corrected chi connectivity index (χ2v) is 19.0. The van der Waals surface area contributed by atoms with Gasteiger partial charge in [0.15, 0.2) is 0 Å². The number of carboxylic acids is 6. The highest BCUT2D eigenvalue weighted by atomic mass is 16.5.